The van der Waals surface area contributed by atoms with Crippen LogP contribution in [0.1, 0.15) is 18.5 Å². The van der Waals surface area contributed by atoms with Crippen LogP contribution in [0.25, 0.3) is 0 Å². The van der Waals surface area contributed by atoms with Crippen LogP contribution in [-0.2, 0) is 4.74 Å². The average Bonchev–Trinajstić information content (AvgIpc) is 2.26. The highest BCUT2D eigenvalue weighted by Gasteiger charge is 2.32. The van der Waals surface area contributed by atoms with Gasteiger partial charge in [-0.2, -0.15) is 14.0 Å². The first-order valence-electron chi connectivity index (χ1n) is 5.09. The molecule has 1 fully saturated rings. The number of nitrogens with zero attached hydrogens (tertiary/aromatic N) is 3. The first-order chi connectivity index (χ1) is 8.17. The van der Waals surface area contributed by atoms with Gasteiger partial charge in [0.05, 0.1) is 18.5 Å². The van der Waals surface area contributed by atoms with Crippen LogP contribution in [0.4, 0.5) is 14.6 Å². The predicted octanol–water partition coefficient (Wildman–Crippen LogP) is 1.53. The fraction of sp³-hybridized carbons (Fsp3) is 0.500. The van der Waals surface area contributed by atoms with Crippen LogP contribution < -0.4 is 5.32 Å². The quantitative estimate of drug-likeness (QED) is 0.864. The summed E-state index contributed by atoms with van der Waals surface area (Å²) in [5.41, 5.74) is 0.239. The van der Waals surface area contributed by atoms with Crippen molar-refractivity contribution in [1.82, 2.24) is 9.97 Å². The monoisotopic (exact) mass is 240 g/mol. The number of aromatic nitrogens is 2. The molecule has 90 valence electrons. The molecule has 1 aromatic rings. The van der Waals surface area contributed by atoms with Crippen molar-refractivity contribution < 1.29 is 13.5 Å². The number of ether oxygens (including phenoxy) is 1. The molecule has 0 atom stereocenters. The summed E-state index contributed by atoms with van der Waals surface area (Å²) in [5.74, 6) is 0.532. The zero-order chi connectivity index (χ0) is 12.3. The molecule has 1 saturated carbocycles. The summed E-state index contributed by atoms with van der Waals surface area (Å²) in [4.78, 5) is 7.81. The van der Waals surface area contributed by atoms with Gasteiger partial charge in [0.25, 0.3) is 0 Å². The van der Waals surface area contributed by atoms with Crippen molar-refractivity contribution in [2.45, 2.75) is 31.6 Å². The third-order valence-corrected chi connectivity index (χ3v) is 2.51. The molecule has 0 bridgehead atoms. The second kappa shape index (κ2) is 5.01. The minimum atomic E-state index is -2.71. The third-order valence-electron chi connectivity index (χ3n) is 2.51. The van der Waals surface area contributed by atoms with E-state index in [9.17, 15) is 8.78 Å². The van der Waals surface area contributed by atoms with Gasteiger partial charge in [-0.05, 0) is 12.8 Å². The third kappa shape index (κ3) is 3.07. The molecule has 1 aliphatic rings. The lowest BCUT2D eigenvalue weighted by Crippen LogP contribution is -2.41. The number of rotatable bonds is 4. The fourth-order valence-corrected chi connectivity index (χ4v) is 1.61. The van der Waals surface area contributed by atoms with E-state index in [4.69, 9.17) is 5.26 Å². The molecule has 1 heterocycles. The van der Waals surface area contributed by atoms with Gasteiger partial charge in [0.2, 0.25) is 0 Å². The summed E-state index contributed by atoms with van der Waals surface area (Å²) in [5, 5.41) is 11.6. The number of anilines is 1. The summed E-state index contributed by atoms with van der Waals surface area (Å²) in [6, 6.07) is 1.93. The molecule has 2 rings (SSSR count). The Morgan fingerprint density at radius 3 is 2.71 bits per heavy atom. The summed E-state index contributed by atoms with van der Waals surface area (Å²) in [6.45, 7) is -2.71. The first-order valence-corrected chi connectivity index (χ1v) is 5.09. The second-order valence-corrected chi connectivity index (χ2v) is 3.73. The molecule has 17 heavy (non-hydrogen) atoms. The molecule has 1 N–H and O–H groups in total. The van der Waals surface area contributed by atoms with Gasteiger partial charge in [0.15, 0.2) is 5.69 Å². The standard InChI is InChI=1S/C10H10F2N4O/c11-10(12)17-8-1-6(2-8)16-9-5-14-7(3-13)4-15-9/h4-6,8,10H,1-2H2,(H,15,16). The number of alkyl halides is 2. The van der Waals surface area contributed by atoms with Gasteiger partial charge >= 0.3 is 6.61 Å². The van der Waals surface area contributed by atoms with Crippen LogP contribution in [0.3, 0.4) is 0 Å². The number of nitriles is 1. The number of halogens is 2. The van der Waals surface area contributed by atoms with E-state index in [1.807, 2.05) is 6.07 Å². The van der Waals surface area contributed by atoms with Gasteiger partial charge in [0.1, 0.15) is 11.9 Å². The van der Waals surface area contributed by atoms with Crippen molar-refractivity contribution in [1.29, 1.82) is 5.26 Å². The minimum Gasteiger partial charge on any atom is -0.366 e. The molecule has 0 aromatic carbocycles. The second-order valence-electron chi connectivity index (χ2n) is 3.73. The van der Waals surface area contributed by atoms with E-state index >= 15 is 0 Å². The number of hydrogen-bond donors (Lipinski definition) is 1. The highest BCUT2D eigenvalue weighted by atomic mass is 19.3. The minimum absolute atomic E-state index is 0.0704. The van der Waals surface area contributed by atoms with Gasteiger partial charge in [0, 0.05) is 6.04 Å². The maximum absolute atomic E-state index is 11.8. The maximum Gasteiger partial charge on any atom is 0.345 e. The van der Waals surface area contributed by atoms with Crippen molar-refractivity contribution >= 4 is 5.82 Å². The summed E-state index contributed by atoms with van der Waals surface area (Å²) < 4.78 is 28.0. The number of nitrogens with one attached hydrogen (secondary N) is 1. The van der Waals surface area contributed by atoms with E-state index < -0.39 is 6.61 Å². The molecule has 0 amide bonds. The lowest BCUT2D eigenvalue weighted by Gasteiger charge is -2.35. The lowest BCUT2D eigenvalue weighted by molar-refractivity contribution is -0.182. The molecule has 1 aromatic heterocycles. The van der Waals surface area contributed by atoms with Gasteiger partial charge in [-0.15, -0.1) is 0 Å². The average molecular weight is 240 g/mol. The van der Waals surface area contributed by atoms with Crippen LogP contribution in [0.2, 0.25) is 0 Å². The fourth-order valence-electron chi connectivity index (χ4n) is 1.61. The number of hydrogen-bond acceptors (Lipinski definition) is 5. The Bertz CT molecular complexity index is 411. The van der Waals surface area contributed by atoms with Crippen LogP contribution in [0.5, 0.6) is 0 Å². The molecule has 0 aliphatic heterocycles. The van der Waals surface area contributed by atoms with Crippen molar-refractivity contribution in [3.05, 3.63) is 18.1 Å². The van der Waals surface area contributed by atoms with Crippen molar-refractivity contribution in [2.75, 3.05) is 5.32 Å². The molecule has 7 heteroatoms. The summed E-state index contributed by atoms with van der Waals surface area (Å²) >= 11 is 0. The van der Waals surface area contributed by atoms with Crippen molar-refractivity contribution in [3.8, 4) is 6.07 Å². The largest absolute Gasteiger partial charge is 0.366 e. The van der Waals surface area contributed by atoms with E-state index in [1.165, 1.54) is 12.4 Å². The zero-order valence-electron chi connectivity index (χ0n) is 8.81. The normalized spacial score (nSPS) is 22.9. The van der Waals surface area contributed by atoms with E-state index in [1.54, 1.807) is 0 Å². The van der Waals surface area contributed by atoms with Gasteiger partial charge in [-0.3, -0.25) is 0 Å². The van der Waals surface area contributed by atoms with E-state index in [-0.39, 0.29) is 17.8 Å². The van der Waals surface area contributed by atoms with Crippen LogP contribution >= 0.6 is 0 Å². The topological polar surface area (TPSA) is 70.8 Å². The Kier molecular flexibility index (Phi) is 3.44. The molecule has 1 aliphatic carbocycles. The molecule has 0 radical (unpaired) electrons. The summed E-state index contributed by atoms with van der Waals surface area (Å²) in [6.07, 6.45) is 3.45. The predicted molar refractivity (Wildman–Crippen MR) is 54.3 cm³/mol. The zero-order valence-corrected chi connectivity index (χ0v) is 8.81. The smallest absolute Gasteiger partial charge is 0.345 e. The van der Waals surface area contributed by atoms with E-state index in [0.717, 1.165) is 0 Å². The highest BCUT2D eigenvalue weighted by Crippen LogP contribution is 2.27. The van der Waals surface area contributed by atoms with Crippen molar-refractivity contribution in [3.63, 3.8) is 0 Å². The maximum atomic E-state index is 11.8. The Labute approximate surface area is 96.4 Å². The molecule has 0 spiro atoms. The first kappa shape index (κ1) is 11.7. The van der Waals surface area contributed by atoms with Crippen LogP contribution in [0, 0.1) is 11.3 Å². The van der Waals surface area contributed by atoms with Gasteiger partial charge in [-0.1, -0.05) is 0 Å². The Morgan fingerprint density at radius 1 is 1.41 bits per heavy atom. The van der Waals surface area contributed by atoms with Crippen molar-refractivity contribution in [2.24, 2.45) is 0 Å². The van der Waals surface area contributed by atoms with Gasteiger partial charge in [-0.25, -0.2) is 9.97 Å². The van der Waals surface area contributed by atoms with Crippen LogP contribution in [-0.4, -0.2) is 28.7 Å². The van der Waals surface area contributed by atoms with Crippen LogP contribution in [0.15, 0.2) is 12.4 Å². The highest BCUT2D eigenvalue weighted by molar-refractivity contribution is 5.35. The SMILES string of the molecule is N#Cc1cnc(NC2CC(OC(F)F)C2)cn1. The molecular formula is C10H10F2N4O. The van der Waals surface area contributed by atoms with Gasteiger partial charge < -0.3 is 10.1 Å². The Balaban J connectivity index is 1.78. The lowest BCUT2D eigenvalue weighted by atomic mass is 9.89. The molecular weight excluding hydrogens is 230 g/mol. The molecule has 0 unspecified atom stereocenters. The van der Waals surface area contributed by atoms with E-state index in [2.05, 4.69) is 20.0 Å². The van der Waals surface area contributed by atoms with E-state index in [0.29, 0.717) is 18.7 Å². The summed E-state index contributed by atoms with van der Waals surface area (Å²) in [7, 11) is 0. The Hall–Kier alpha value is -1.81. The molecule has 5 nitrogen and oxygen atoms in total. The Morgan fingerprint density at radius 2 is 2.18 bits per heavy atom. The molecule has 0 saturated heterocycles.